The fourth-order valence-electron chi connectivity index (χ4n) is 0.883. The maximum absolute atomic E-state index is 13.0. The standard InChI is InChI=1S/C10H6BrFO2/c11-5-1-2-7-6-8(10(13)14)3-4-9(7)12/h3-4,6H,5H2,(H,13,14). The number of carbonyl (C=O) groups is 1. The van der Waals surface area contributed by atoms with E-state index in [0.29, 0.717) is 5.33 Å². The molecule has 0 aliphatic heterocycles. The van der Waals surface area contributed by atoms with Gasteiger partial charge in [-0.15, -0.1) is 0 Å². The van der Waals surface area contributed by atoms with Gasteiger partial charge in [-0.05, 0) is 18.2 Å². The lowest BCUT2D eigenvalue weighted by Crippen LogP contribution is -1.97. The largest absolute Gasteiger partial charge is 0.478 e. The van der Waals surface area contributed by atoms with Crippen molar-refractivity contribution in [3.8, 4) is 11.8 Å². The van der Waals surface area contributed by atoms with Gasteiger partial charge in [-0.25, -0.2) is 9.18 Å². The van der Waals surface area contributed by atoms with E-state index in [2.05, 4.69) is 27.8 Å². The smallest absolute Gasteiger partial charge is 0.335 e. The second kappa shape index (κ2) is 4.77. The molecule has 0 fully saturated rings. The number of rotatable bonds is 1. The van der Waals surface area contributed by atoms with E-state index in [9.17, 15) is 9.18 Å². The van der Waals surface area contributed by atoms with Gasteiger partial charge in [0.25, 0.3) is 0 Å². The highest BCUT2D eigenvalue weighted by atomic mass is 79.9. The third kappa shape index (κ3) is 2.57. The van der Waals surface area contributed by atoms with Crippen molar-refractivity contribution in [3.05, 3.63) is 35.1 Å². The minimum absolute atomic E-state index is 0.0327. The van der Waals surface area contributed by atoms with Crippen molar-refractivity contribution in [2.24, 2.45) is 0 Å². The van der Waals surface area contributed by atoms with Crippen molar-refractivity contribution in [1.82, 2.24) is 0 Å². The Bertz CT molecular complexity index is 418. The van der Waals surface area contributed by atoms with Gasteiger partial charge in [0, 0.05) is 0 Å². The van der Waals surface area contributed by atoms with Gasteiger partial charge in [-0.3, -0.25) is 0 Å². The summed E-state index contributed by atoms with van der Waals surface area (Å²) in [6.45, 7) is 0. The quantitative estimate of drug-likeness (QED) is 0.619. The average molecular weight is 257 g/mol. The number of carboxylic acid groups (broad SMARTS) is 1. The predicted octanol–water partition coefficient (Wildman–Crippen LogP) is 2.27. The summed E-state index contributed by atoms with van der Waals surface area (Å²) in [5.41, 5.74) is 0.134. The van der Waals surface area contributed by atoms with E-state index in [1.165, 1.54) is 12.1 Å². The molecule has 1 N–H and O–H groups in total. The molecule has 1 aromatic carbocycles. The van der Waals surface area contributed by atoms with Crippen LogP contribution in [0.1, 0.15) is 15.9 Å². The lowest BCUT2D eigenvalue weighted by atomic mass is 10.1. The van der Waals surface area contributed by atoms with Crippen LogP contribution in [0.4, 0.5) is 4.39 Å². The highest BCUT2D eigenvalue weighted by Crippen LogP contribution is 2.09. The van der Waals surface area contributed by atoms with Crippen LogP contribution in [0, 0.1) is 17.7 Å². The third-order valence-electron chi connectivity index (χ3n) is 1.50. The van der Waals surface area contributed by atoms with Crippen LogP contribution >= 0.6 is 15.9 Å². The first-order chi connectivity index (χ1) is 6.65. The molecule has 0 aliphatic carbocycles. The Hall–Kier alpha value is -1.34. The van der Waals surface area contributed by atoms with Crippen molar-refractivity contribution < 1.29 is 14.3 Å². The molecule has 0 bridgehead atoms. The molecular weight excluding hydrogens is 251 g/mol. The molecule has 0 unspecified atom stereocenters. The SMILES string of the molecule is O=C(O)c1ccc(F)c(C#CCBr)c1. The number of aromatic carboxylic acids is 1. The predicted molar refractivity (Wildman–Crippen MR) is 54.0 cm³/mol. The molecule has 0 aromatic heterocycles. The molecule has 4 heteroatoms. The van der Waals surface area contributed by atoms with E-state index in [-0.39, 0.29) is 11.1 Å². The zero-order chi connectivity index (χ0) is 10.6. The van der Waals surface area contributed by atoms with E-state index < -0.39 is 11.8 Å². The maximum Gasteiger partial charge on any atom is 0.335 e. The molecule has 0 saturated heterocycles. The van der Waals surface area contributed by atoms with Gasteiger partial charge in [-0.1, -0.05) is 27.8 Å². The Kier molecular flexibility index (Phi) is 3.66. The van der Waals surface area contributed by atoms with E-state index in [0.717, 1.165) is 6.07 Å². The van der Waals surface area contributed by atoms with E-state index in [1.54, 1.807) is 0 Å². The minimum atomic E-state index is -1.09. The number of halogens is 2. The van der Waals surface area contributed by atoms with Gasteiger partial charge in [0.15, 0.2) is 0 Å². The molecule has 0 radical (unpaired) electrons. The van der Waals surface area contributed by atoms with Crippen LogP contribution in [-0.2, 0) is 0 Å². The summed E-state index contributed by atoms with van der Waals surface area (Å²) < 4.78 is 13.0. The summed E-state index contributed by atoms with van der Waals surface area (Å²) >= 11 is 3.07. The molecule has 0 atom stereocenters. The number of alkyl halides is 1. The Morgan fingerprint density at radius 1 is 1.57 bits per heavy atom. The Labute approximate surface area is 88.9 Å². The summed E-state index contributed by atoms with van der Waals surface area (Å²) in [6, 6.07) is 3.52. The van der Waals surface area contributed by atoms with Crippen molar-refractivity contribution in [2.75, 3.05) is 5.33 Å². The average Bonchev–Trinajstić information content (AvgIpc) is 2.16. The van der Waals surface area contributed by atoms with Crippen LogP contribution in [0.5, 0.6) is 0 Å². The van der Waals surface area contributed by atoms with Crippen LogP contribution in [0.3, 0.4) is 0 Å². The second-order valence-electron chi connectivity index (χ2n) is 2.44. The summed E-state index contributed by atoms with van der Waals surface area (Å²) in [6.07, 6.45) is 0. The highest BCUT2D eigenvalue weighted by Gasteiger charge is 2.06. The Balaban J connectivity index is 3.14. The van der Waals surface area contributed by atoms with Gasteiger partial charge < -0.3 is 5.11 Å². The summed E-state index contributed by atoms with van der Waals surface area (Å²) in [7, 11) is 0. The number of benzene rings is 1. The molecule has 1 aromatic rings. The first-order valence-corrected chi connectivity index (χ1v) is 4.85. The van der Waals surface area contributed by atoms with E-state index in [1.807, 2.05) is 0 Å². The molecule has 14 heavy (non-hydrogen) atoms. The van der Waals surface area contributed by atoms with Gasteiger partial charge in [0.1, 0.15) is 5.82 Å². The zero-order valence-electron chi connectivity index (χ0n) is 7.05. The van der Waals surface area contributed by atoms with Gasteiger partial charge >= 0.3 is 5.97 Å². The van der Waals surface area contributed by atoms with Gasteiger partial charge in [-0.2, -0.15) is 0 Å². The summed E-state index contributed by atoms with van der Waals surface area (Å²) in [5, 5.41) is 9.07. The molecule has 0 amide bonds. The summed E-state index contributed by atoms with van der Waals surface area (Å²) in [4.78, 5) is 10.6. The third-order valence-corrected chi connectivity index (χ3v) is 1.78. The van der Waals surface area contributed by atoms with Crippen molar-refractivity contribution in [1.29, 1.82) is 0 Å². The fraction of sp³-hybridized carbons (Fsp3) is 0.100. The lowest BCUT2D eigenvalue weighted by Gasteiger charge is -1.96. The molecule has 0 spiro atoms. The first kappa shape index (κ1) is 10.7. The van der Waals surface area contributed by atoms with Crippen LogP contribution in [-0.4, -0.2) is 16.4 Å². The maximum atomic E-state index is 13.0. The van der Waals surface area contributed by atoms with Crippen molar-refractivity contribution >= 4 is 21.9 Å². The molecule has 1 rings (SSSR count). The minimum Gasteiger partial charge on any atom is -0.478 e. The van der Waals surface area contributed by atoms with E-state index in [4.69, 9.17) is 5.11 Å². The molecule has 0 saturated carbocycles. The number of hydrogen-bond donors (Lipinski definition) is 1. The van der Waals surface area contributed by atoms with Gasteiger partial charge in [0.2, 0.25) is 0 Å². The summed E-state index contributed by atoms with van der Waals surface area (Å²) in [5.74, 6) is 3.53. The van der Waals surface area contributed by atoms with Crippen molar-refractivity contribution in [2.45, 2.75) is 0 Å². The van der Waals surface area contributed by atoms with Crippen LogP contribution in [0.2, 0.25) is 0 Å². The molecule has 0 aliphatic rings. The van der Waals surface area contributed by atoms with Crippen LogP contribution < -0.4 is 0 Å². The highest BCUT2D eigenvalue weighted by molar-refractivity contribution is 9.09. The molecule has 72 valence electrons. The Morgan fingerprint density at radius 2 is 2.29 bits per heavy atom. The van der Waals surface area contributed by atoms with E-state index >= 15 is 0 Å². The van der Waals surface area contributed by atoms with Crippen LogP contribution in [0.15, 0.2) is 18.2 Å². The lowest BCUT2D eigenvalue weighted by molar-refractivity contribution is 0.0697. The molecular formula is C10H6BrFO2. The molecule has 0 heterocycles. The second-order valence-corrected chi connectivity index (χ2v) is 3.00. The fourth-order valence-corrected chi connectivity index (χ4v) is 1.02. The Morgan fingerprint density at radius 3 is 2.86 bits per heavy atom. The van der Waals surface area contributed by atoms with Gasteiger partial charge in [0.05, 0.1) is 16.5 Å². The van der Waals surface area contributed by atoms with Crippen LogP contribution in [0.25, 0.3) is 0 Å². The first-order valence-electron chi connectivity index (χ1n) is 3.73. The topological polar surface area (TPSA) is 37.3 Å². The normalized spacial score (nSPS) is 9.00. The zero-order valence-corrected chi connectivity index (χ0v) is 8.64. The number of hydrogen-bond acceptors (Lipinski definition) is 1. The monoisotopic (exact) mass is 256 g/mol. The molecule has 2 nitrogen and oxygen atoms in total. The van der Waals surface area contributed by atoms with Crippen molar-refractivity contribution in [3.63, 3.8) is 0 Å². The number of carboxylic acids is 1.